The Labute approximate surface area is 120 Å². The lowest BCUT2D eigenvalue weighted by molar-refractivity contribution is -0.00315. The van der Waals surface area contributed by atoms with Crippen LogP contribution in [0.3, 0.4) is 0 Å². The zero-order chi connectivity index (χ0) is 14.8. The van der Waals surface area contributed by atoms with Gasteiger partial charge >= 0.3 is 17.6 Å². The van der Waals surface area contributed by atoms with Crippen LogP contribution >= 0.6 is 0 Å². The highest BCUT2D eigenvalue weighted by Gasteiger charge is 2.52. The van der Waals surface area contributed by atoms with E-state index in [-0.39, 0.29) is 0 Å². The Kier molecular flexibility index (Phi) is 10.2. The van der Waals surface area contributed by atoms with Crippen molar-refractivity contribution in [2.24, 2.45) is 0 Å². The summed E-state index contributed by atoms with van der Waals surface area (Å²) in [6.45, 7) is 14.1. The molecule has 0 unspecified atom stereocenters. The molecule has 0 amide bonds. The highest BCUT2D eigenvalue weighted by atomic mass is 28.5. The van der Waals surface area contributed by atoms with Gasteiger partial charge in [0, 0.05) is 26.4 Å². The average Bonchev–Trinajstić information content (AvgIpc) is 2.39. The smallest absolute Gasteiger partial charge is 0.395 e. The summed E-state index contributed by atoms with van der Waals surface area (Å²) in [5, 5.41) is 0. The molecule has 0 aliphatic carbocycles. The van der Waals surface area contributed by atoms with Gasteiger partial charge in [-0.15, -0.1) is 0 Å². The van der Waals surface area contributed by atoms with Crippen LogP contribution in [-0.2, 0) is 21.8 Å². The maximum atomic E-state index is 6.27. The first kappa shape index (κ1) is 19.2. The molecule has 0 radical (unpaired) electrons. The molecule has 0 N–H and O–H groups in total. The van der Waals surface area contributed by atoms with Crippen LogP contribution in [0.2, 0.25) is 12.1 Å². The fourth-order valence-corrected chi connectivity index (χ4v) is 8.53. The van der Waals surface area contributed by atoms with Crippen molar-refractivity contribution in [2.75, 3.05) is 26.4 Å². The molecule has 0 aromatic heterocycles. The first-order valence-corrected chi connectivity index (χ1v) is 11.2. The highest BCUT2D eigenvalue weighted by Crippen LogP contribution is 2.25. The first-order valence-electron chi connectivity index (χ1n) is 7.33. The molecule has 0 aromatic rings. The highest BCUT2D eigenvalue weighted by molar-refractivity contribution is 6.76. The quantitative estimate of drug-likeness (QED) is 0.518. The van der Waals surface area contributed by atoms with E-state index in [0.29, 0.717) is 26.4 Å². The van der Waals surface area contributed by atoms with E-state index in [1.807, 2.05) is 27.7 Å². The summed E-state index contributed by atoms with van der Waals surface area (Å²) in [7, 11) is -5.38. The van der Waals surface area contributed by atoms with E-state index >= 15 is 0 Å². The largest absolute Gasteiger partial charge is 0.670 e. The number of rotatable bonds is 12. The summed E-state index contributed by atoms with van der Waals surface area (Å²) in [5.41, 5.74) is 0. The molecule has 0 heterocycles. The summed E-state index contributed by atoms with van der Waals surface area (Å²) < 4.78 is 29.4. The average molecular weight is 311 g/mol. The summed E-state index contributed by atoms with van der Waals surface area (Å²) in [6, 6.07) is 1.72. The summed E-state index contributed by atoms with van der Waals surface area (Å²) in [6.07, 6.45) is 0. The van der Waals surface area contributed by atoms with Crippen LogP contribution in [0.25, 0.3) is 0 Å². The van der Waals surface area contributed by atoms with Gasteiger partial charge in [0.05, 0.1) is 0 Å². The van der Waals surface area contributed by atoms with Gasteiger partial charge in [-0.25, -0.2) is 0 Å². The third-order valence-electron chi connectivity index (χ3n) is 2.76. The number of hydrogen-bond donors (Lipinski definition) is 0. The maximum absolute atomic E-state index is 6.27. The van der Waals surface area contributed by atoms with E-state index in [0.717, 1.165) is 12.1 Å². The third kappa shape index (κ3) is 6.03. The molecule has 0 saturated carbocycles. The minimum Gasteiger partial charge on any atom is -0.395 e. The van der Waals surface area contributed by atoms with Crippen molar-refractivity contribution < 1.29 is 21.8 Å². The lowest BCUT2D eigenvalue weighted by Gasteiger charge is -2.36. The van der Waals surface area contributed by atoms with Gasteiger partial charge in [-0.05, 0) is 39.8 Å². The van der Waals surface area contributed by atoms with E-state index in [9.17, 15) is 0 Å². The molecule has 0 rings (SSSR count). The SMILES string of the molecule is CCO[Si](CC)(CC)O[Si](OCC)(OCC)OCC. The van der Waals surface area contributed by atoms with Crippen molar-refractivity contribution in [2.45, 2.75) is 53.6 Å². The molecule has 0 aliphatic heterocycles. The van der Waals surface area contributed by atoms with Gasteiger partial charge < -0.3 is 21.8 Å². The van der Waals surface area contributed by atoms with Crippen molar-refractivity contribution in [3.8, 4) is 0 Å². The van der Waals surface area contributed by atoms with Gasteiger partial charge in [0.1, 0.15) is 0 Å². The molecule has 0 bridgehead atoms. The van der Waals surface area contributed by atoms with Gasteiger partial charge in [-0.3, -0.25) is 0 Å². The molecule has 19 heavy (non-hydrogen) atoms. The Hall–Kier alpha value is 0.234. The van der Waals surface area contributed by atoms with Crippen LogP contribution < -0.4 is 0 Å². The summed E-state index contributed by atoms with van der Waals surface area (Å²) in [4.78, 5) is 0. The molecule has 0 spiro atoms. The Morgan fingerprint density at radius 2 is 0.947 bits per heavy atom. The van der Waals surface area contributed by atoms with Gasteiger partial charge in [-0.2, -0.15) is 0 Å². The molecule has 116 valence electrons. The van der Waals surface area contributed by atoms with Crippen LogP contribution in [0, 0.1) is 0 Å². The zero-order valence-corrected chi connectivity index (χ0v) is 15.3. The van der Waals surface area contributed by atoms with Crippen molar-refractivity contribution in [3.63, 3.8) is 0 Å². The Morgan fingerprint density at radius 1 is 0.579 bits per heavy atom. The van der Waals surface area contributed by atoms with Crippen molar-refractivity contribution in [3.05, 3.63) is 0 Å². The van der Waals surface area contributed by atoms with Crippen LogP contribution in [0.5, 0.6) is 0 Å². The maximum Gasteiger partial charge on any atom is 0.670 e. The second-order valence-electron chi connectivity index (χ2n) is 3.95. The van der Waals surface area contributed by atoms with Crippen molar-refractivity contribution in [1.82, 2.24) is 0 Å². The van der Waals surface area contributed by atoms with Gasteiger partial charge in [-0.1, -0.05) is 13.8 Å². The molecular formula is C12H30O5Si2. The van der Waals surface area contributed by atoms with E-state index in [2.05, 4.69) is 13.8 Å². The molecule has 5 nitrogen and oxygen atoms in total. The Balaban J connectivity index is 5.10. The van der Waals surface area contributed by atoms with Crippen molar-refractivity contribution in [1.29, 1.82) is 0 Å². The van der Waals surface area contributed by atoms with Crippen LogP contribution in [0.15, 0.2) is 0 Å². The molecule has 0 atom stereocenters. The Morgan fingerprint density at radius 3 is 1.21 bits per heavy atom. The number of hydrogen-bond acceptors (Lipinski definition) is 5. The zero-order valence-electron chi connectivity index (χ0n) is 13.3. The summed E-state index contributed by atoms with van der Waals surface area (Å²) >= 11 is 0. The van der Waals surface area contributed by atoms with Gasteiger partial charge in [0.2, 0.25) is 0 Å². The summed E-state index contributed by atoms with van der Waals surface area (Å²) in [5.74, 6) is 0. The molecule has 0 aromatic carbocycles. The predicted octanol–water partition coefficient (Wildman–Crippen LogP) is 3.07. The molecule has 0 aliphatic rings. The van der Waals surface area contributed by atoms with E-state index in [1.165, 1.54) is 0 Å². The molecule has 7 heteroatoms. The standard InChI is InChI=1S/C12H30O5Si2/c1-7-13-18(11-5,12-6)17-19(14-8-2,15-9-3)16-10-4/h7-12H2,1-6H3. The molecule has 0 saturated heterocycles. The van der Waals surface area contributed by atoms with Gasteiger partial charge in [0.15, 0.2) is 0 Å². The monoisotopic (exact) mass is 310 g/mol. The second kappa shape index (κ2) is 10.0. The fraction of sp³-hybridized carbons (Fsp3) is 1.00. The third-order valence-corrected chi connectivity index (χ3v) is 10.1. The lowest BCUT2D eigenvalue weighted by Crippen LogP contribution is -2.58. The topological polar surface area (TPSA) is 46.2 Å². The van der Waals surface area contributed by atoms with Gasteiger partial charge in [0.25, 0.3) is 0 Å². The van der Waals surface area contributed by atoms with Crippen molar-refractivity contribution >= 4 is 17.6 Å². The van der Waals surface area contributed by atoms with E-state index in [4.69, 9.17) is 21.8 Å². The molecular weight excluding hydrogens is 280 g/mol. The fourth-order valence-electron chi connectivity index (χ4n) is 1.86. The first-order chi connectivity index (χ1) is 9.07. The molecule has 0 fully saturated rings. The second-order valence-corrected chi connectivity index (χ2v) is 10.2. The normalized spacial score (nSPS) is 12.9. The minimum absolute atomic E-state index is 0.510. The predicted molar refractivity (Wildman–Crippen MR) is 80.1 cm³/mol. The van der Waals surface area contributed by atoms with E-state index < -0.39 is 17.6 Å². The van der Waals surface area contributed by atoms with Crippen LogP contribution in [0.4, 0.5) is 0 Å². The Bertz CT molecular complexity index is 207. The van der Waals surface area contributed by atoms with E-state index in [1.54, 1.807) is 0 Å². The van der Waals surface area contributed by atoms with Crippen LogP contribution in [0.1, 0.15) is 41.5 Å². The van der Waals surface area contributed by atoms with Crippen LogP contribution in [-0.4, -0.2) is 44.0 Å². The lowest BCUT2D eigenvalue weighted by atomic mass is 10.9. The minimum atomic E-state index is -3.07.